The molecule has 2 N–H and O–H groups in total. The minimum Gasteiger partial charge on any atom is -0.316 e. The second kappa shape index (κ2) is 3.69. The Labute approximate surface area is 66.3 Å². The highest BCUT2D eigenvalue weighted by Crippen LogP contribution is 2.15. The molecule has 4 nitrogen and oxygen atoms in total. The third-order valence-corrected chi connectivity index (χ3v) is 2.06. The van der Waals surface area contributed by atoms with Crippen LogP contribution < -0.4 is 10.8 Å². The number of carbonyl (C=O) groups excluding carboxylic acids is 1. The van der Waals surface area contributed by atoms with Crippen molar-refractivity contribution in [1.29, 1.82) is 0 Å². The number of carbonyl (C=O) groups is 1. The molecule has 11 heavy (non-hydrogen) atoms. The van der Waals surface area contributed by atoms with Gasteiger partial charge in [0.05, 0.1) is 13.0 Å². The van der Waals surface area contributed by atoms with Crippen LogP contribution in [-0.4, -0.2) is 26.1 Å². The predicted molar refractivity (Wildman–Crippen MR) is 40.7 cm³/mol. The van der Waals surface area contributed by atoms with Crippen LogP contribution in [0.5, 0.6) is 0 Å². The minimum atomic E-state index is -0.0231. The van der Waals surface area contributed by atoms with Gasteiger partial charge in [0.15, 0.2) is 0 Å². The summed E-state index contributed by atoms with van der Waals surface area (Å²) in [5, 5.41) is 3.15. The molecule has 0 saturated carbocycles. The zero-order chi connectivity index (χ0) is 8.27. The van der Waals surface area contributed by atoms with Gasteiger partial charge < -0.3 is 5.32 Å². The first-order valence-corrected chi connectivity index (χ1v) is 3.79. The van der Waals surface area contributed by atoms with Gasteiger partial charge in [-0.3, -0.25) is 9.63 Å². The fraction of sp³-hybridized carbons (Fsp3) is 0.857. The molecule has 0 radical (unpaired) electrons. The van der Waals surface area contributed by atoms with Crippen LogP contribution in [0.3, 0.4) is 0 Å². The molecule has 4 heteroatoms. The highest BCUT2D eigenvalue weighted by molar-refractivity contribution is 5.78. The molecule has 1 heterocycles. The van der Waals surface area contributed by atoms with Gasteiger partial charge in [-0.05, 0) is 12.5 Å². The lowest BCUT2D eigenvalue weighted by Gasteiger charge is -2.11. The molecule has 2 unspecified atom stereocenters. The molecule has 0 spiro atoms. The molecule has 0 aromatic heterocycles. The van der Waals surface area contributed by atoms with Crippen LogP contribution in [0.25, 0.3) is 0 Å². The first-order chi connectivity index (χ1) is 5.25. The average Bonchev–Trinajstić information content (AvgIpc) is 2.36. The van der Waals surface area contributed by atoms with Gasteiger partial charge >= 0.3 is 0 Å². The van der Waals surface area contributed by atoms with E-state index in [9.17, 15) is 4.79 Å². The van der Waals surface area contributed by atoms with E-state index in [1.807, 2.05) is 0 Å². The van der Waals surface area contributed by atoms with E-state index >= 15 is 0 Å². The van der Waals surface area contributed by atoms with Crippen LogP contribution in [0.1, 0.15) is 6.92 Å². The summed E-state index contributed by atoms with van der Waals surface area (Å²) in [6.07, 6.45) is 0. The van der Waals surface area contributed by atoms with Crippen LogP contribution in [0.4, 0.5) is 0 Å². The van der Waals surface area contributed by atoms with Gasteiger partial charge in [0, 0.05) is 6.54 Å². The van der Waals surface area contributed by atoms with Crippen LogP contribution in [0.15, 0.2) is 0 Å². The third kappa shape index (κ3) is 1.91. The van der Waals surface area contributed by atoms with Crippen molar-refractivity contribution in [2.75, 3.05) is 20.2 Å². The fourth-order valence-corrected chi connectivity index (χ4v) is 1.34. The molecule has 1 rings (SSSR count). The zero-order valence-electron chi connectivity index (χ0n) is 6.89. The maximum atomic E-state index is 11.2. The summed E-state index contributed by atoms with van der Waals surface area (Å²) in [6.45, 7) is 3.73. The number of hydrogen-bond donors (Lipinski definition) is 2. The Morgan fingerprint density at radius 3 is 2.82 bits per heavy atom. The van der Waals surface area contributed by atoms with E-state index in [0.29, 0.717) is 5.92 Å². The molecule has 0 aromatic carbocycles. The summed E-state index contributed by atoms with van der Waals surface area (Å²) >= 11 is 0. The minimum absolute atomic E-state index is 0.0231. The van der Waals surface area contributed by atoms with Crippen molar-refractivity contribution < 1.29 is 9.63 Å². The molecule has 1 aliphatic rings. The Hall–Kier alpha value is -0.610. The standard InChI is InChI=1S/C7H14N2O2/c1-5-3-8-4-6(5)7(10)9-11-2/h5-6,8H,3-4H2,1-2H3,(H,9,10). The second-order valence-electron chi connectivity index (χ2n) is 2.91. The molecule has 0 aromatic rings. The van der Waals surface area contributed by atoms with E-state index < -0.39 is 0 Å². The van der Waals surface area contributed by atoms with Crippen LogP contribution in [0, 0.1) is 11.8 Å². The highest BCUT2D eigenvalue weighted by Gasteiger charge is 2.29. The van der Waals surface area contributed by atoms with E-state index in [-0.39, 0.29) is 11.8 Å². The lowest BCUT2D eigenvalue weighted by atomic mass is 9.98. The Morgan fingerprint density at radius 2 is 2.36 bits per heavy atom. The quantitative estimate of drug-likeness (QED) is 0.534. The van der Waals surface area contributed by atoms with E-state index in [1.165, 1.54) is 7.11 Å². The van der Waals surface area contributed by atoms with Crippen molar-refractivity contribution in [3.8, 4) is 0 Å². The summed E-state index contributed by atoms with van der Waals surface area (Å²) in [7, 11) is 1.45. The predicted octanol–water partition coefficient (Wildman–Crippen LogP) is -0.480. The number of rotatable bonds is 2. The van der Waals surface area contributed by atoms with Gasteiger partial charge in [0.1, 0.15) is 0 Å². The van der Waals surface area contributed by atoms with Gasteiger partial charge in [-0.1, -0.05) is 6.92 Å². The SMILES string of the molecule is CONC(=O)C1CNCC1C. The summed E-state index contributed by atoms with van der Waals surface area (Å²) in [5.74, 6) is 0.449. The summed E-state index contributed by atoms with van der Waals surface area (Å²) < 4.78 is 0. The number of hydroxylamine groups is 1. The van der Waals surface area contributed by atoms with Crippen LogP contribution >= 0.6 is 0 Å². The van der Waals surface area contributed by atoms with Gasteiger partial charge in [-0.25, -0.2) is 5.48 Å². The van der Waals surface area contributed by atoms with Crippen molar-refractivity contribution in [2.45, 2.75) is 6.92 Å². The largest absolute Gasteiger partial charge is 0.316 e. The van der Waals surface area contributed by atoms with Gasteiger partial charge in [0.25, 0.3) is 0 Å². The number of amides is 1. The lowest BCUT2D eigenvalue weighted by molar-refractivity contribution is -0.135. The van der Waals surface area contributed by atoms with Crippen molar-refractivity contribution in [1.82, 2.24) is 10.8 Å². The summed E-state index contributed by atoms with van der Waals surface area (Å²) in [6, 6.07) is 0. The molecule has 0 aliphatic carbocycles. The van der Waals surface area contributed by atoms with Gasteiger partial charge in [0.2, 0.25) is 5.91 Å². The Bertz CT molecular complexity index is 149. The van der Waals surface area contributed by atoms with E-state index in [1.54, 1.807) is 0 Å². The van der Waals surface area contributed by atoms with Crippen LogP contribution in [0.2, 0.25) is 0 Å². The van der Waals surface area contributed by atoms with Crippen LogP contribution in [-0.2, 0) is 9.63 Å². The second-order valence-corrected chi connectivity index (χ2v) is 2.91. The summed E-state index contributed by atoms with van der Waals surface area (Å²) in [5.41, 5.74) is 2.34. The van der Waals surface area contributed by atoms with E-state index in [4.69, 9.17) is 0 Å². The molecule has 2 atom stereocenters. The normalized spacial score (nSPS) is 30.4. The molecular weight excluding hydrogens is 144 g/mol. The molecule has 1 amide bonds. The van der Waals surface area contributed by atoms with Gasteiger partial charge in [-0.2, -0.15) is 0 Å². The number of hydrogen-bond acceptors (Lipinski definition) is 3. The topological polar surface area (TPSA) is 50.4 Å². The first kappa shape index (κ1) is 8.49. The van der Waals surface area contributed by atoms with Gasteiger partial charge in [-0.15, -0.1) is 0 Å². The molecule has 1 saturated heterocycles. The zero-order valence-corrected chi connectivity index (χ0v) is 6.89. The monoisotopic (exact) mass is 158 g/mol. The van der Waals surface area contributed by atoms with Crippen molar-refractivity contribution in [2.24, 2.45) is 11.8 Å². The average molecular weight is 158 g/mol. The lowest BCUT2D eigenvalue weighted by Crippen LogP contribution is -2.33. The smallest absolute Gasteiger partial charge is 0.248 e. The first-order valence-electron chi connectivity index (χ1n) is 3.79. The van der Waals surface area contributed by atoms with E-state index in [0.717, 1.165) is 13.1 Å². The Kier molecular flexibility index (Phi) is 2.84. The highest BCUT2D eigenvalue weighted by atomic mass is 16.6. The molecule has 0 bridgehead atoms. The third-order valence-electron chi connectivity index (χ3n) is 2.06. The molecule has 64 valence electrons. The number of nitrogens with one attached hydrogen (secondary N) is 2. The molecular formula is C7H14N2O2. The maximum Gasteiger partial charge on any atom is 0.248 e. The molecule has 1 aliphatic heterocycles. The fourth-order valence-electron chi connectivity index (χ4n) is 1.34. The Morgan fingerprint density at radius 1 is 1.64 bits per heavy atom. The van der Waals surface area contributed by atoms with Crippen molar-refractivity contribution in [3.63, 3.8) is 0 Å². The van der Waals surface area contributed by atoms with Crippen molar-refractivity contribution >= 4 is 5.91 Å². The summed E-state index contributed by atoms with van der Waals surface area (Å²) in [4.78, 5) is 15.7. The molecule has 1 fully saturated rings. The maximum absolute atomic E-state index is 11.2. The Balaban J connectivity index is 2.39. The van der Waals surface area contributed by atoms with Crippen molar-refractivity contribution in [3.05, 3.63) is 0 Å². The van der Waals surface area contributed by atoms with E-state index in [2.05, 4.69) is 22.6 Å².